The zero-order valence-corrected chi connectivity index (χ0v) is 11.2. The molecule has 1 aliphatic heterocycles. The minimum atomic E-state index is -0.0894. The molecule has 18 heavy (non-hydrogen) atoms. The molecule has 1 fully saturated rings. The molecule has 1 aromatic rings. The van der Waals surface area contributed by atoms with Gasteiger partial charge in [0, 0.05) is 26.1 Å². The van der Waals surface area contributed by atoms with Gasteiger partial charge in [-0.25, -0.2) is 0 Å². The third-order valence-corrected chi connectivity index (χ3v) is 3.23. The van der Waals surface area contributed by atoms with Gasteiger partial charge in [0.25, 0.3) is 5.89 Å². The van der Waals surface area contributed by atoms with E-state index >= 15 is 0 Å². The van der Waals surface area contributed by atoms with Crippen molar-refractivity contribution in [2.75, 3.05) is 39.3 Å². The van der Waals surface area contributed by atoms with E-state index in [4.69, 9.17) is 9.26 Å². The van der Waals surface area contributed by atoms with E-state index in [0.717, 1.165) is 45.0 Å². The van der Waals surface area contributed by atoms with Crippen molar-refractivity contribution in [2.45, 2.75) is 26.4 Å². The first-order valence-corrected chi connectivity index (χ1v) is 6.70. The molecule has 102 valence electrons. The van der Waals surface area contributed by atoms with E-state index in [1.165, 1.54) is 0 Å². The number of aromatic nitrogens is 2. The molecule has 0 aromatic carbocycles. The third kappa shape index (κ3) is 3.51. The molecule has 0 amide bonds. The molecule has 1 aliphatic rings. The van der Waals surface area contributed by atoms with Crippen molar-refractivity contribution >= 4 is 0 Å². The van der Waals surface area contributed by atoms with Crippen LogP contribution in [0.5, 0.6) is 0 Å². The van der Waals surface area contributed by atoms with Crippen LogP contribution in [0.25, 0.3) is 0 Å². The fourth-order valence-electron chi connectivity index (χ4n) is 2.02. The summed E-state index contributed by atoms with van der Waals surface area (Å²) < 4.78 is 10.8. The van der Waals surface area contributed by atoms with Gasteiger partial charge in [-0.1, -0.05) is 19.0 Å². The largest absolute Gasteiger partial charge is 0.366 e. The predicted octanol–water partition coefficient (Wildman–Crippen LogP) is 0.615. The first-order chi connectivity index (χ1) is 8.83. The summed E-state index contributed by atoms with van der Waals surface area (Å²) in [5.41, 5.74) is 0. The van der Waals surface area contributed by atoms with Crippen molar-refractivity contribution in [3.05, 3.63) is 11.7 Å². The Labute approximate surface area is 108 Å². The standard InChI is InChI=1S/C12H22N4O2/c1-3-16(4-2)7-5-11-14-12(18-15-11)10-9-13-6-8-17-10/h10,13H,3-9H2,1-2H3. The van der Waals surface area contributed by atoms with E-state index in [2.05, 4.69) is 34.2 Å². The van der Waals surface area contributed by atoms with Crippen molar-refractivity contribution in [3.63, 3.8) is 0 Å². The fraction of sp³-hybridized carbons (Fsp3) is 0.833. The Morgan fingerprint density at radius 2 is 2.22 bits per heavy atom. The number of nitrogens with zero attached hydrogens (tertiary/aromatic N) is 3. The monoisotopic (exact) mass is 254 g/mol. The maximum Gasteiger partial charge on any atom is 0.257 e. The first-order valence-electron chi connectivity index (χ1n) is 6.70. The lowest BCUT2D eigenvalue weighted by Crippen LogP contribution is -2.33. The number of hydrogen-bond acceptors (Lipinski definition) is 6. The van der Waals surface area contributed by atoms with Gasteiger partial charge >= 0.3 is 0 Å². The molecule has 1 saturated heterocycles. The van der Waals surface area contributed by atoms with E-state index in [0.29, 0.717) is 12.5 Å². The highest BCUT2D eigenvalue weighted by Crippen LogP contribution is 2.16. The molecule has 0 radical (unpaired) electrons. The molecule has 6 nitrogen and oxygen atoms in total. The van der Waals surface area contributed by atoms with Gasteiger partial charge in [0.2, 0.25) is 0 Å². The Bertz CT molecular complexity index is 346. The Kier molecular flexibility index (Phi) is 5.10. The van der Waals surface area contributed by atoms with Gasteiger partial charge < -0.3 is 19.5 Å². The van der Waals surface area contributed by atoms with Gasteiger partial charge in [0.1, 0.15) is 6.10 Å². The zero-order chi connectivity index (χ0) is 12.8. The van der Waals surface area contributed by atoms with Crippen LogP contribution in [0.4, 0.5) is 0 Å². The average molecular weight is 254 g/mol. The van der Waals surface area contributed by atoms with Gasteiger partial charge in [-0.05, 0) is 13.1 Å². The maximum absolute atomic E-state index is 5.58. The number of nitrogens with one attached hydrogen (secondary N) is 1. The summed E-state index contributed by atoms with van der Waals surface area (Å²) in [7, 11) is 0. The average Bonchev–Trinajstić information content (AvgIpc) is 2.90. The van der Waals surface area contributed by atoms with Crippen LogP contribution in [-0.2, 0) is 11.2 Å². The van der Waals surface area contributed by atoms with Gasteiger partial charge in [-0.3, -0.25) is 0 Å². The van der Waals surface area contributed by atoms with E-state index in [1.54, 1.807) is 0 Å². The van der Waals surface area contributed by atoms with Gasteiger partial charge in [-0.2, -0.15) is 4.98 Å². The summed E-state index contributed by atoms with van der Waals surface area (Å²) in [4.78, 5) is 6.75. The number of ether oxygens (including phenoxy) is 1. The Hall–Kier alpha value is -0.980. The van der Waals surface area contributed by atoms with Crippen LogP contribution < -0.4 is 5.32 Å². The summed E-state index contributed by atoms with van der Waals surface area (Å²) in [5.74, 6) is 1.36. The van der Waals surface area contributed by atoms with Crippen molar-refractivity contribution in [1.82, 2.24) is 20.4 Å². The van der Waals surface area contributed by atoms with Crippen LogP contribution in [0.2, 0.25) is 0 Å². The molecule has 0 bridgehead atoms. The normalized spacial score (nSPS) is 20.5. The molecular formula is C12H22N4O2. The molecule has 1 N–H and O–H groups in total. The van der Waals surface area contributed by atoms with Crippen LogP contribution in [-0.4, -0.2) is 54.4 Å². The molecule has 1 unspecified atom stereocenters. The smallest absolute Gasteiger partial charge is 0.257 e. The topological polar surface area (TPSA) is 63.4 Å². The number of rotatable bonds is 6. The summed E-state index contributed by atoms with van der Waals surface area (Å²) in [5, 5.41) is 7.26. The molecular weight excluding hydrogens is 232 g/mol. The summed E-state index contributed by atoms with van der Waals surface area (Å²) in [6.45, 7) is 9.72. The van der Waals surface area contributed by atoms with Gasteiger partial charge in [0.05, 0.1) is 6.61 Å². The minimum absolute atomic E-state index is 0.0894. The van der Waals surface area contributed by atoms with Gasteiger partial charge in [-0.15, -0.1) is 0 Å². The number of hydrogen-bond donors (Lipinski definition) is 1. The second kappa shape index (κ2) is 6.82. The lowest BCUT2D eigenvalue weighted by molar-refractivity contribution is 0.00755. The quantitative estimate of drug-likeness (QED) is 0.802. The minimum Gasteiger partial charge on any atom is -0.366 e. The second-order valence-corrected chi connectivity index (χ2v) is 4.39. The van der Waals surface area contributed by atoms with Crippen molar-refractivity contribution in [3.8, 4) is 0 Å². The highest BCUT2D eigenvalue weighted by Gasteiger charge is 2.22. The van der Waals surface area contributed by atoms with Crippen LogP contribution in [0, 0.1) is 0 Å². The molecule has 0 spiro atoms. The molecule has 1 aromatic heterocycles. The van der Waals surface area contributed by atoms with E-state index in [9.17, 15) is 0 Å². The Morgan fingerprint density at radius 1 is 1.39 bits per heavy atom. The molecule has 0 aliphatic carbocycles. The lowest BCUT2D eigenvalue weighted by atomic mass is 10.3. The lowest BCUT2D eigenvalue weighted by Gasteiger charge is -2.20. The van der Waals surface area contributed by atoms with Crippen LogP contribution in [0.15, 0.2) is 4.52 Å². The predicted molar refractivity (Wildman–Crippen MR) is 67.4 cm³/mol. The summed E-state index contributed by atoms with van der Waals surface area (Å²) >= 11 is 0. The van der Waals surface area contributed by atoms with Crippen molar-refractivity contribution < 1.29 is 9.26 Å². The van der Waals surface area contributed by atoms with Crippen molar-refractivity contribution in [1.29, 1.82) is 0 Å². The maximum atomic E-state index is 5.58. The van der Waals surface area contributed by atoms with Crippen LogP contribution in [0.3, 0.4) is 0 Å². The highest BCUT2D eigenvalue weighted by molar-refractivity contribution is 4.93. The van der Waals surface area contributed by atoms with Crippen molar-refractivity contribution in [2.24, 2.45) is 0 Å². The summed E-state index contributed by atoms with van der Waals surface area (Å²) in [6.07, 6.45) is 0.735. The molecule has 0 saturated carbocycles. The SMILES string of the molecule is CCN(CC)CCc1noc(C2CNCCO2)n1. The fourth-order valence-corrected chi connectivity index (χ4v) is 2.02. The second-order valence-electron chi connectivity index (χ2n) is 4.39. The van der Waals surface area contributed by atoms with Crippen LogP contribution in [0.1, 0.15) is 31.7 Å². The Balaban J connectivity index is 1.85. The Morgan fingerprint density at radius 3 is 2.89 bits per heavy atom. The summed E-state index contributed by atoms with van der Waals surface area (Å²) in [6, 6.07) is 0. The molecule has 2 heterocycles. The molecule has 1 atom stereocenters. The number of likely N-dealkylation sites (N-methyl/N-ethyl adjacent to an activating group) is 1. The molecule has 6 heteroatoms. The van der Waals surface area contributed by atoms with E-state index < -0.39 is 0 Å². The van der Waals surface area contributed by atoms with Crippen LogP contribution >= 0.6 is 0 Å². The van der Waals surface area contributed by atoms with Gasteiger partial charge in [0.15, 0.2) is 5.82 Å². The zero-order valence-electron chi connectivity index (χ0n) is 11.2. The highest BCUT2D eigenvalue weighted by atomic mass is 16.5. The van der Waals surface area contributed by atoms with E-state index in [1.807, 2.05) is 0 Å². The number of morpholine rings is 1. The van der Waals surface area contributed by atoms with E-state index in [-0.39, 0.29) is 6.10 Å². The molecule has 2 rings (SSSR count). The first kappa shape index (κ1) is 13.5. The third-order valence-electron chi connectivity index (χ3n) is 3.23.